The van der Waals surface area contributed by atoms with E-state index >= 15 is 0 Å². The minimum absolute atomic E-state index is 0.140. The van der Waals surface area contributed by atoms with Crippen molar-refractivity contribution in [1.82, 2.24) is 9.88 Å². The Hall–Kier alpha value is -1.37. The van der Waals surface area contributed by atoms with Crippen molar-refractivity contribution in [2.24, 2.45) is 5.92 Å². The Morgan fingerprint density at radius 1 is 1.28 bits per heavy atom. The first-order valence-corrected chi connectivity index (χ1v) is 11.7. The number of nitrogens with zero attached hydrogens (tertiary/aromatic N) is 2. The van der Waals surface area contributed by atoms with Crippen molar-refractivity contribution in [2.45, 2.75) is 25.7 Å². The monoisotopic (exact) mass is 538 g/mol. The van der Waals surface area contributed by atoms with Gasteiger partial charge >= 0.3 is 6.09 Å². The number of rotatable bonds is 2. The molecule has 29 heavy (non-hydrogen) atoms. The number of aromatic nitrogens is 1. The minimum atomic E-state index is -0.217. The first-order valence-electron chi connectivity index (χ1n) is 9.72. The van der Waals surface area contributed by atoms with Gasteiger partial charge in [0.15, 0.2) is 0 Å². The molecule has 1 saturated heterocycles. The molecule has 1 fully saturated rings. The molecule has 7 heteroatoms. The van der Waals surface area contributed by atoms with Crippen molar-refractivity contribution in [3.8, 4) is 0 Å². The van der Waals surface area contributed by atoms with Crippen LogP contribution in [0.1, 0.15) is 48.1 Å². The molecule has 1 aliphatic carbocycles. The number of carbonyl (C=O) groups is 1. The Morgan fingerprint density at radius 2 is 2.03 bits per heavy atom. The van der Waals surface area contributed by atoms with E-state index in [1.807, 2.05) is 30.2 Å². The van der Waals surface area contributed by atoms with Crippen LogP contribution in [0.2, 0.25) is 5.02 Å². The fraction of sp³-hybridized carbons (Fsp3) is 0.364. The van der Waals surface area contributed by atoms with Crippen LogP contribution in [0.5, 0.6) is 0 Å². The number of fused-ring (bicyclic) bond motifs is 2. The lowest BCUT2D eigenvalue weighted by molar-refractivity contribution is 0.0900. The first-order chi connectivity index (χ1) is 14.0. The molecule has 4 nitrogen and oxygen atoms in total. The van der Waals surface area contributed by atoms with E-state index in [-0.39, 0.29) is 12.0 Å². The predicted molar refractivity (Wildman–Crippen MR) is 123 cm³/mol. The van der Waals surface area contributed by atoms with Crippen molar-refractivity contribution in [3.05, 3.63) is 62.3 Å². The molecule has 1 amide bonds. The number of halogens is 3. The Morgan fingerprint density at radius 3 is 2.76 bits per heavy atom. The zero-order valence-corrected chi connectivity index (χ0v) is 19.9. The molecule has 1 unspecified atom stereocenters. The molecule has 0 saturated carbocycles. The number of pyridine rings is 1. The number of piperidine rings is 1. The average Bonchev–Trinajstić information content (AvgIpc) is 2.82. The third kappa shape index (κ3) is 4.25. The molecule has 2 aromatic rings. The molecule has 1 atom stereocenters. The van der Waals surface area contributed by atoms with Gasteiger partial charge in [0.05, 0.1) is 12.3 Å². The van der Waals surface area contributed by atoms with E-state index < -0.39 is 0 Å². The Labute approximate surface area is 192 Å². The topological polar surface area (TPSA) is 42.4 Å². The number of carbonyl (C=O) groups excluding carboxylic acids is 1. The second kappa shape index (κ2) is 8.78. The fourth-order valence-electron chi connectivity index (χ4n) is 4.31. The highest BCUT2D eigenvalue weighted by atomic mass is 79.9. The largest absolute Gasteiger partial charge is 0.450 e. The minimum Gasteiger partial charge on any atom is -0.450 e. The second-order valence-corrected chi connectivity index (χ2v) is 9.56. The van der Waals surface area contributed by atoms with Gasteiger partial charge in [0.1, 0.15) is 0 Å². The van der Waals surface area contributed by atoms with Crippen molar-refractivity contribution >= 4 is 60.1 Å². The lowest BCUT2D eigenvalue weighted by Gasteiger charge is -2.36. The average molecular weight is 541 g/mol. The summed E-state index contributed by atoms with van der Waals surface area (Å²) in [4.78, 5) is 18.8. The van der Waals surface area contributed by atoms with Gasteiger partial charge in [0.25, 0.3) is 0 Å². The first kappa shape index (κ1) is 20.9. The highest BCUT2D eigenvalue weighted by Crippen LogP contribution is 2.46. The van der Waals surface area contributed by atoms with E-state index in [2.05, 4.69) is 50.1 Å². The molecule has 0 N–H and O–H groups in total. The maximum atomic E-state index is 12.1. The van der Waals surface area contributed by atoms with Crippen LogP contribution in [0, 0.1) is 5.92 Å². The van der Waals surface area contributed by atoms with Gasteiger partial charge in [0, 0.05) is 44.7 Å². The Bertz CT molecular complexity index is 971. The van der Waals surface area contributed by atoms with E-state index in [1.54, 1.807) is 0 Å². The maximum absolute atomic E-state index is 12.1. The van der Waals surface area contributed by atoms with Gasteiger partial charge in [-0.15, -0.1) is 0 Å². The van der Waals surface area contributed by atoms with Gasteiger partial charge in [-0.25, -0.2) is 4.79 Å². The van der Waals surface area contributed by atoms with Crippen molar-refractivity contribution in [1.29, 1.82) is 0 Å². The lowest BCUT2D eigenvalue weighted by Crippen LogP contribution is -2.40. The summed E-state index contributed by atoms with van der Waals surface area (Å²) in [5, 5.41) is 0.719. The molecule has 2 heterocycles. The fourth-order valence-corrected chi connectivity index (χ4v) is 5.39. The summed E-state index contributed by atoms with van der Waals surface area (Å²) in [7, 11) is 0. The van der Waals surface area contributed by atoms with E-state index in [0.29, 0.717) is 25.6 Å². The molecule has 1 aliphatic heterocycles. The van der Waals surface area contributed by atoms with Gasteiger partial charge < -0.3 is 9.64 Å². The van der Waals surface area contributed by atoms with Crippen molar-refractivity contribution < 1.29 is 9.53 Å². The number of ether oxygens (including phenoxy) is 1. The Kier molecular flexibility index (Phi) is 6.32. The number of benzene rings is 1. The molecule has 4 rings (SSSR count). The summed E-state index contributed by atoms with van der Waals surface area (Å²) in [6, 6.07) is 8.19. The predicted octanol–water partition coefficient (Wildman–Crippen LogP) is 6.70. The summed E-state index contributed by atoms with van der Waals surface area (Å²) in [5.74, 6) is 0.515. The normalized spacial score (nSPS) is 19.1. The Balaban J connectivity index is 1.73. The van der Waals surface area contributed by atoms with E-state index in [4.69, 9.17) is 21.3 Å². The number of amides is 1. The van der Waals surface area contributed by atoms with Crippen molar-refractivity contribution in [3.63, 3.8) is 0 Å². The smallest absolute Gasteiger partial charge is 0.409 e. The maximum Gasteiger partial charge on any atom is 0.409 e. The molecule has 0 spiro atoms. The third-order valence-electron chi connectivity index (χ3n) is 5.64. The highest BCUT2D eigenvalue weighted by Gasteiger charge is 2.35. The number of hydrogen-bond donors (Lipinski definition) is 0. The molecule has 1 aromatic heterocycles. The van der Waals surface area contributed by atoms with Crippen LogP contribution >= 0.6 is 43.5 Å². The summed E-state index contributed by atoms with van der Waals surface area (Å²) in [6.45, 7) is 3.64. The number of hydrogen-bond acceptors (Lipinski definition) is 3. The van der Waals surface area contributed by atoms with Gasteiger partial charge in [0.2, 0.25) is 0 Å². The third-order valence-corrected chi connectivity index (χ3v) is 6.97. The molecule has 0 bridgehead atoms. The molecule has 2 aliphatic rings. The summed E-state index contributed by atoms with van der Waals surface area (Å²) in [5.41, 5.74) is 4.49. The van der Waals surface area contributed by atoms with Crippen LogP contribution in [-0.4, -0.2) is 35.7 Å². The number of likely N-dealkylation sites (tertiary alicyclic amines) is 1. The highest BCUT2D eigenvalue weighted by molar-refractivity contribution is 9.15. The molecular weight excluding hydrogens is 520 g/mol. The van der Waals surface area contributed by atoms with E-state index in [9.17, 15) is 4.79 Å². The summed E-state index contributed by atoms with van der Waals surface area (Å²) in [6.07, 6.45) is 5.58. The van der Waals surface area contributed by atoms with Gasteiger partial charge in [-0.3, -0.25) is 4.98 Å². The molecule has 152 valence electrons. The van der Waals surface area contributed by atoms with Gasteiger partial charge in [-0.2, -0.15) is 0 Å². The van der Waals surface area contributed by atoms with E-state index in [0.717, 1.165) is 43.6 Å². The van der Waals surface area contributed by atoms with Crippen LogP contribution < -0.4 is 0 Å². The molecular formula is C22H21Br2ClN2O2. The zero-order chi connectivity index (χ0) is 20.5. The zero-order valence-electron chi connectivity index (χ0n) is 16.0. The van der Waals surface area contributed by atoms with Gasteiger partial charge in [-0.05, 0) is 77.0 Å². The van der Waals surface area contributed by atoms with Crippen LogP contribution in [0.15, 0.2) is 34.9 Å². The summed E-state index contributed by atoms with van der Waals surface area (Å²) >= 11 is 13.6. The van der Waals surface area contributed by atoms with Crippen LogP contribution in [0.4, 0.5) is 4.79 Å². The van der Waals surface area contributed by atoms with Crippen LogP contribution in [0.3, 0.4) is 0 Å². The van der Waals surface area contributed by atoms with Crippen molar-refractivity contribution in [2.75, 3.05) is 19.7 Å². The van der Waals surface area contributed by atoms with Gasteiger partial charge in [-0.1, -0.05) is 33.6 Å². The van der Waals surface area contributed by atoms with E-state index in [1.165, 1.54) is 5.56 Å². The SMILES string of the molecule is CCOC(=O)N1CCC(C2c3ccc(Cl)cc3C=C(Br)c3cc(Br)cnc32)CC1. The summed E-state index contributed by atoms with van der Waals surface area (Å²) < 4.78 is 7.12. The molecule has 1 aromatic carbocycles. The van der Waals surface area contributed by atoms with Crippen LogP contribution in [-0.2, 0) is 4.74 Å². The molecule has 0 radical (unpaired) electrons. The quantitative estimate of drug-likeness (QED) is 0.426. The van der Waals surface area contributed by atoms with Crippen LogP contribution in [0.25, 0.3) is 10.6 Å². The lowest BCUT2D eigenvalue weighted by atomic mass is 9.76. The second-order valence-electron chi connectivity index (χ2n) is 7.35. The standard InChI is InChI=1S/C22H21Br2ClN2O2/c1-2-29-22(28)27-7-5-13(6-8-27)20-17-4-3-16(25)9-14(17)10-19(24)18-11-15(23)12-26-21(18)20/h3-4,9-13,20H,2,5-8H2,1H3.